The van der Waals surface area contributed by atoms with Crippen molar-refractivity contribution in [1.82, 2.24) is 5.32 Å². The van der Waals surface area contributed by atoms with E-state index < -0.39 is 23.4 Å². The maximum absolute atomic E-state index is 13.4. The molecule has 104 valence electrons. The van der Waals surface area contributed by atoms with E-state index >= 15 is 0 Å². The van der Waals surface area contributed by atoms with E-state index in [1.54, 1.807) is 13.8 Å². The number of benzene rings is 1. The average Bonchev–Trinajstić information content (AvgIpc) is 2.20. The van der Waals surface area contributed by atoms with Gasteiger partial charge in [-0.3, -0.25) is 4.79 Å². The fourth-order valence-corrected chi connectivity index (χ4v) is 1.65. The number of amides is 2. The van der Waals surface area contributed by atoms with Gasteiger partial charge >= 0.3 is 12.0 Å². The molecule has 0 spiro atoms. The summed E-state index contributed by atoms with van der Waals surface area (Å²) in [6, 6.07) is 3.04. The van der Waals surface area contributed by atoms with Crippen LogP contribution in [-0.2, 0) is 4.79 Å². The van der Waals surface area contributed by atoms with Crippen LogP contribution in [-0.4, -0.2) is 22.6 Å². The number of halogens is 2. The molecule has 0 unspecified atom stereocenters. The molecule has 1 aromatic rings. The highest BCUT2D eigenvalue weighted by atomic mass is 35.5. The van der Waals surface area contributed by atoms with Crippen LogP contribution in [0.4, 0.5) is 14.9 Å². The van der Waals surface area contributed by atoms with E-state index in [-0.39, 0.29) is 17.1 Å². The molecule has 0 fully saturated rings. The van der Waals surface area contributed by atoms with Gasteiger partial charge in [-0.05, 0) is 32.0 Å². The first kappa shape index (κ1) is 15.2. The van der Waals surface area contributed by atoms with Crippen LogP contribution < -0.4 is 10.6 Å². The Morgan fingerprint density at radius 2 is 2.05 bits per heavy atom. The molecule has 0 aromatic heterocycles. The smallest absolute Gasteiger partial charge is 0.319 e. The second-order valence-electron chi connectivity index (χ2n) is 4.66. The molecular formula is C12H14ClFN2O3. The number of hydrogen-bond donors (Lipinski definition) is 3. The zero-order valence-electron chi connectivity index (χ0n) is 10.5. The lowest BCUT2D eigenvalue weighted by molar-refractivity contribution is -0.138. The number of hydrogen-bond acceptors (Lipinski definition) is 2. The summed E-state index contributed by atoms with van der Waals surface area (Å²) in [6.45, 7) is 3.10. The van der Waals surface area contributed by atoms with E-state index in [1.807, 2.05) is 0 Å². The number of aliphatic carboxylic acids is 1. The van der Waals surface area contributed by atoms with Crippen LogP contribution in [0.5, 0.6) is 0 Å². The lowest BCUT2D eigenvalue weighted by atomic mass is 10.0. The summed E-state index contributed by atoms with van der Waals surface area (Å²) >= 11 is 5.69. The van der Waals surface area contributed by atoms with Crippen molar-refractivity contribution >= 4 is 29.3 Å². The van der Waals surface area contributed by atoms with Gasteiger partial charge in [-0.2, -0.15) is 0 Å². The number of rotatable bonds is 4. The van der Waals surface area contributed by atoms with Crippen LogP contribution >= 0.6 is 11.6 Å². The molecule has 7 heteroatoms. The van der Waals surface area contributed by atoms with E-state index in [1.165, 1.54) is 12.1 Å². The van der Waals surface area contributed by atoms with Crippen molar-refractivity contribution in [3.63, 3.8) is 0 Å². The Morgan fingerprint density at radius 1 is 1.42 bits per heavy atom. The van der Waals surface area contributed by atoms with Crippen molar-refractivity contribution < 1.29 is 19.1 Å². The standard InChI is InChI=1S/C12H14ClFN2O3/c1-12(2,6-10(17)18)16-11(19)15-9-5-7(13)3-4-8(9)14/h3-5H,6H2,1-2H3,(H,17,18)(H2,15,16,19). The van der Waals surface area contributed by atoms with Gasteiger partial charge < -0.3 is 15.7 Å². The second-order valence-corrected chi connectivity index (χ2v) is 5.09. The average molecular weight is 289 g/mol. The third-order valence-corrected chi connectivity index (χ3v) is 2.46. The molecule has 0 radical (unpaired) electrons. The topological polar surface area (TPSA) is 78.4 Å². The molecule has 2 amide bonds. The molecule has 0 aliphatic heterocycles. The van der Waals surface area contributed by atoms with Gasteiger partial charge in [-0.25, -0.2) is 9.18 Å². The minimum absolute atomic E-state index is 0.0730. The fraction of sp³-hybridized carbons (Fsp3) is 0.333. The van der Waals surface area contributed by atoms with Crippen LogP contribution in [0.1, 0.15) is 20.3 Å². The van der Waals surface area contributed by atoms with E-state index in [4.69, 9.17) is 16.7 Å². The summed E-state index contributed by atoms with van der Waals surface area (Å²) in [6.07, 6.45) is -0.252. The van der Waals surface area contributed by atoms with Gasteiger partial charge in [-0.1, -0.05) is 11.6 Å². The van der Waals surface area contributed by atoms with Crippen molar-refractivity contribution in [2.45, 2.75) is 25.8 Å². The summed E-state index contributed by atoms with van der Waals surface area (Å²) in [5, 5.41) is 13.7. The SMILES string of the molecule is CC(C)(CC(=O)O)NC(=O)Nc1cc(Cl)ccc1F. The number of carboxylic acid groups (broad SMARTS) is 1. The van der Waals surface area contributed by atoms with Gasteiger partial charge in [-0.15, -0.1) is 0 Å². The van der Waals surface area contributed by atoms with Gasteiger partial charge in [0, 0.05) is 10.6 Å². The van der Waals surface area contributed by atoms with Crippen molar-refractivity contribution in [3.8, 4) is 0 Å². The monoisotopic (exact) mass is 288 g/mol. The number of nitrogens with one attached hydrogen (secondary N) is 2. The highest BCUT2D eigenvalue weighted by molar-refractivity contribution is 6.30. The Bertz CT molecular complexity index is 506. The Balaban J connectivity index is 2.70. The fourth-order valence-electron chi connectivity index (χ4n) is 1.48. The Hall–Kier alpha value is -1.82. The van der Waals surface area contributed by atoms with E-state index in [2.05, 4.69) is 10.6 Å². The Kier molecular flexibility index (Phi) is 4.72. The summed E-state index contributed by atoms with van der Waals surface area (Å²) in [5.41, 5.74) is -1.03. The first-order valence-electron chi connectivity index (χ1n) is 5.45. The van der Waals surface area contributed by atoms with Crippen molar-refractivity contribution in [3.05, 3.63) is 29.0 Å². The van der Waals surface area contributed by atoms with Gasteiger partial charge in [0.25, 0.3) is 0 Å². The molecule has 0 atom stereocenters. The van der Waals surface area contributed by atoms with Crippen molar-refractivity contribution in [2.75, 3.05) is 5.32 Å². The van der Waals surface area contributed by atoms with Gasteiger partial charge in [0.1, 0.15) is 5.82 Å². The summed E-state index contributed by atoms with van der Waals surface area (Å²) in [7, 11) is 0. The maximum atomic E-state index is 13.4. The number of carbonyl (C=O) groups is 2. The third-order valence-electron chi connectivity index (χ3n) is 2.22. The molecule has 1 aromatic carbocycles. The molecule has 19 heavy (non-hydrogen) atoms. The lowest BCUT2D eigenvalue weighted by Crippen LogP contribution is -2.46. The van der Waals surface area contributed by atoms with Crippen LogP contribution in [0.3, 0.4) is 0 Å². The predicted octanol–water partition coefficient (Wildman–Crippen LogP) is 2.85. The van der Waals surface area contributed by atoms with Crippen molar-refractivity contribution in [1.29, 1.82) is 0 Å². The number of carboxylic acids is 1. The van der Waals surface area contributed by atoms with Gasteiger partial charge in [0.15, 0.2) is 0 Å². The van der Waals surface area contributed by atoms with Crippen LogP contribution in [0.25, 0.3) is 0 Å². The van der Waals surface area contributed by atoms with Crippen LogP contribution in [0, 0.1) is 5.82 Å². The summed E-state index contributed by atoms with van der Waals surface area (Å²) in [4.78, 5) is 22.3. The van der Waals surface area contributed by atoms with Crippen LogP contribution in [0.15, 0.2) is 18.2 Å². The first-order valence-corrected chi connectivity index (χ1v) is 5.83. The number of carbonyl (C=O) groups excluding carboxylic acids is 1. The molecule has 0 heterocycles. The molecule has 0 aliphatic rings. The van der Waals surface area contributed by atoms with Gasteiger partial charge in [0.2, 0.25) is 0 Å². The molecular weight excluding hydrogens is 275 g/mol. The highest BCUT2D eigenvalue weighted by Gasteiger charge is 2.24. The molecule has 0 saturated carbocycles. The molecule has 1 rings (SSSR count). The second kappa shape index (κ2) is 5.88. The zero-order valence-corrected chi connectivity index (χ0v) is 11.2. The van der Waals surface area contributed by atoms with E-state index in [9.17, 15) is 14.0 Å². The number of anilines is 1. The lowest BCUT2D eigenvalue weighted by Gasteiger charge is -2.24. The first-order chi connectivity index (χ1) is 8.69. The molecule has 0 bridgehead atoms. The van der Waals surface area contributed by atoms with Gasteiger partial charge in [0.05, 0.1) is 12.1 Å². The maximum Gasteiger partial charge on any atom is 0.319 e. The third kappa shape index (κ3) is 5.13. The Labute approximate surface area is 114 Å². The van der Waals surface area contributed by atoms with Crippen LogP contribution in [0.2, 0.25) is 5.02 Å². The quantitative estimate of drug-likeness (QED) is 0.797. The van der Waals surface area contributed by atoms with E-state index in [0.29, 0.717) is 0 Å². The largest absolute Gasteiger partial charge is 0.481 e. The molecule has 5 nitrogen and oxygen atoms in total. The normalized spacial score (nSPS) is 10.9. The molecule has 3 N–H and O–H groups in total. The highest BCUT2D eigenvalue weighted by Crippen LogP contribution is 2.19. The predicted molar refractivity (Wildman–Crippen MR) is 69.9 cm³/mol. The Morgan fingerprint density at radius 3 is 2.63 bits per heavy atom. The van der Waals surface area contributed by atoms with E-state index in [0.717, 1.165) is 6.07 Å². The summed E-state index contributed by atoms with van der Waals surface area (Å²) in [5.74, 6) is -1.67. The molecule has 0 saturated heterocycles. The minimum atomic E-state index is -1.04. The minimum Gasteiger partial charge on any atom is -0.481 e. The number of urea groups is 1. The summed E-state index contributed by atoms with van der Waals surface area (Å²) < 4.78 is 13.4. The zero-order chi connectivity index (χ0) is 14.6. The van der Waals surface area contributed by atoms with Crippen molar-refractivity contribution in [2.24, 2.45) is 0 Å². The molecule has 0 aliphatic carbocycles.